The molecule has 0 spiro atoms. The lowest BCUT2D eigenvalue weighted by molar-refractivity contribution is 1.05. The third-order valence-electron chi connectivity index (χ3n) is 9.52. The number of fused-ring (bicyclic) bond motifs is 10. The molecule has 198 valence electrons. The number of para-hydroxylation sites is 2. The topological polar surface area (TPSA) is 44.0 Å². The fourth-order valence-corrected chi connectivity index (χ4v) is 7.93. The summed E-state index contributed by atoms with van der Waals surface area (Å²) < 4.78 is 3.84. The molecule has 0 fully saturated rings. The molecule has 0 saturated carbocycles. The van der Waals surface area contributed by atoms with E-state index in [1.807, 2.05) is 75.9 Å². The Kier molecular flexibility index (Phi) is 4.26. The number of hydrogen-bond acceptors (Lipinski definition) is 2. The molecular formula is C38H21BN2O2. The molecule has 0 aliphatic carbocycles. The van der Waals surface area contributed by atoms with E-state index in [4.69, 9.17) is 0 Å². The molecule has 2 aromatic heterocycles. The van der Waals surface area contributed by atoms with Gasteiger partial charge in [-0.1, -0.05) is 103 Å². The van der Waals surface area contributed by atoms with E-state index in [9.17, 15) is 9.59 Å². The van der Waals surface area contributed by atoms with Crippen LogP contribution in [0.3, 0.4) is 0 Å². The summed E-state index contributed by atoms with van der Waals surface area (Å²) in [6.07, 6.45) is 0. The fourth-order valence-electron chi connectivity index (χ4n) is 7.93. The molecule has 0 N–H and O–H groups in total. The van der Waals surface area contributed by atoms with Gasteiger partial charge in [-0.05, 0) is 57.0 Å². The molecule has 4 nitrogen and oxygen atoms in total. The maximum Gasteiger partial charge on any atom is 0.263 e. The first kappa shape index (κ1) is 22.9. The maximum atomic E-state index is 14.5. The van der Waals surface area contributed by atoms with Crippen LogP contribution in [0.5, 0.6) is 0 Å². The van der Waals surface area contributed by atoms with Crippen LogP contribution >= 0.6 is 0 Å². The Hall–Kier alpha value is -5.68. The molecular weight excluding hydrogens is 527 g/mol. The largest absolute Gasteiger partial charge is 0.277 e. The van der Waals surface area contributed by atoms with Crippen molar-refractivity contribution < 1.29 is 0 Å². The highest BCUT2D eigenvalue weighted by atomic mass is 16.1. The molecule has 0 atom stereocenters. The van der Waals surface area contributed by atoms with Gasteiger partial charge < -0.3 is 0 Å². The van der Waals surface area contributed by atoms with Crippen LogP contribution in [-0.4, -0.2) is 15.8 Å². The van der Waals surface area contributed by atoms with Gasteiger partial charge in [-0.25, -0.2) is 0 Å². The predicted molar refractivity (Wildman–Crippen MR) is 178 cm³/mol. The summed E-state index contributed by atoms with van der Waals surface area (Å²) in [6.45, 7) is -0.136. The van der Waals surface area contributed by atoms with Crippen molar-refractivity contribution in [1.82, 2.24) is 9.13 Å². The Balaban J connectivity index is 1.67. The standard InChI is InChI=1S/C38H21BN2O2/c42-37-25-16-6-4-14-23(25)32-31(22-12-2-1-3-13-22)33-24-15-5-7-17-26(24)38(43)41-30-21-11-9-19-28(30)39-27-18-8-10-20-29(27)40(37)35(32)34(39)36(33)41/h1-21H. The Morgan fingerprint density at radius 3 is 1.37 bits per heavy atom. The average molecular weight is 548 g/mol. The molecule has 0 bridgehead atoms. The number of aromatic nitrogens is 2. The van der Waals surface area contributed by atoms with Crippen LogP contribution in [0.1, 0.15) is 0 Å². The second-order valence-corrected chi connectivity index (χ2v) is 11.5. The van der Waals surface area contributed by atoms with Crippen molar-refractivity contribution in [3.05, 3.63) is 148 Å². The van der Waals surface area contributed by atoms with E-state index in [2.05, 4.69) is 60.7 Å². The summed E-state index contributed by atoms with van der Waals surface area (Å²) >= 11 is 0. The highest BCUT2D eigenvalue weighted by molar-refractivity contribution is 7.00. The minimum Gasteiger partial charge on any atom is -0.277 e. The van der Waals surface area contributed by atoms with Gasteiger partial charge in [0.1, 0.15) is 0 Å². The minimum atomic E-state index is -0.136. The summed E-state index contributed by atoms with van der Waals surface area (Å²) in [6, 6.07) is 42.9. The first-order valence-electron chi connectivity index (χ1n) is 14.6. The molecule has 10 rings (SSSR count). The van der Waals surface area contributed by atoms with Gasteiger partial charge in [-0.3, -0.25) is 18.7 Å². The van der Waals surface area contributed by atoms with Gasteiger partial charge in [0.15, 0.2) is 0 Å². The number of rotatable bonds is 1. The SMILES string of the molecule is O=c1c2ccccc2c2c(-c3ccccc3)c3c4ccccc4c(=O)n4c3c3c2n1-c1ccccc1B3c1ccccc1-4. The molecule has 4 heterocycles. The highest BCUT2D eigenvalue weighted by Gasteiger charge is 2.41. The zero-order chi connectivity index (χ0) is 28.4. The number of hydrogen-bond donors (Lipinski definition) is 0. The van der Waals surface area contributed by atoms with E-state index < -0.39 is 0 Å². The summed E-state index contributed by atoms with van der Waals surface area (Å²) in [5.74, 6) is 0. The van der Waals surface area contributed by atoms with Gasteiger partial charge in [-0.2, -0.15) is 0 Å². The lowest BCUT2D eigenvalue weighted by Crippen LogP contribution is -2.61. The van der Waals surface area contributed by atoms with Crippen LogP contribution in [-0.2, 0) is 0 Å². The molecule has 0 saturated heterocycles. The first-order valence-corrected chi connectivity index (χ1v) is 14.6. The molecule has 0 radical (unpaired) electrons. The van der Waals surface area contributed by atoms with Crippen molar-refractivity contribution in [2.75, 3.05) is 0 Å². The van der Waals surface area contributed by atoms with Gasteiger partial charge in [0.05, 0.1) is 11.0 Å². The molecule has 2 aliphatic rings. The summed E-state index contributed by atoms with van der Waals surface area (Å²) in [5, 5.41) is 5.29. The van der Waals surface area contributed by atoms with E-state index in [1.165, 1.54) is 0 Å². The van der Waals surface area contributed by atoms with Crippen LogP contribution in [0.4, 0.5) is 0 Å². The van der Waals surface area contributed by atoms with E-state index >= 15 is 0 Å². The van der Waals surface area contributed by atoms with Gasteiger partial charge in [0.2, 0.25) is 0 Å². The van der Waals surface area contributed by atoms with Gasteiger partial charge >= 0.3 is 0 Å². The summed E-state index contributed by atoms with van der Waals surface area (Å²) in [5.41, 5.74) is 8.73. The number of nitrogens with zero attached hydrogens (tertiary/aromatic N) is 2. The Bertz CT molecular complexity index is 2510. The Morgan fingerprint density at radius 2 is 0.860 bits per heavy atom. The minimum absolute atomic E-state index is 0.0443. The predicted octanol–water partition coefficient (Wildman–Crippen LogP) is 5.41. The third-order valence-corrected chi connectivity index (χ3v) is 9.52. The van der Waals surface area contributed by atoms with Crippen LogP contribution in [0.2, 0.25) is 0 Å². The van der Waals surface area contributed by atoms with Crippen molar-refractivity contribution in [3.63, 3.8) is 0 Å². The number of pyridine rings is 2. The first-order chi connectivity index (χ1) is 21.2. The summed E-state index contributed by atoms with van der Waals surface area (Å²) in [7, 11) is 0. The highest BCUT2D eigenvalue weighted by Crippen LogP contribution is 2.43. The molecule has 6 aromatic carbocycles. The third kappa shape index (κ3) is 2.68. The lowest BCUT2D eigenvalue weighted by Gasteiger charge is -2.36. The van der Waals surface area contributed by atoms with Gasteiger partial charge in [-0.15, -0.1) is 0 Å². The van der Waals surface area contributed by atoms with Crippen LogP contribution in [0, 0.1) is 0 Å². The van der Waals surface area contributed by atoms with Crippen molar-refractivity contribution in [1.29, 1.82) is 0 Å². The van der Waals surface area contributed by atoms with Gasteiger partial charge in [0.25, 0.3) is 17.8 Å². The molecule has 0 amide bonds. The molecule has 2 aliphatic heterocycles. The van der Waals surface area contributed by atoms with Crippen molar-refractivity contribution in [3.8, 4) is 22.5 Å². The maximum absolute atomic E-state index is 14.5. The van der Waals surface area contributed by atoms with E-state index in [0.29, 0.717) is 10.8 Å². The van der Waals surface area contributed by atoms with E-state index in [1.54, 1.807) is 0 Å². The van der Waals surface area contributed by atoms with Gasteiger partial charge in [0, 0.05) is 38.5 Å². The van der Waals surface area contributed by atoms with Crippen molar-refractivity contribution >= 4 is 66.5 Å². The monoisotopic (exact) mass is 548 g/mol. The Morgan fingerprint density at radius 1 is 0.442 bits per heavy atom. The molecule has 43 heavy (non-hydrogen) atoms. The van der Waals surface area contributed by atoms with Crippen molar-refractivity contribution in [2.45, 2.75) is 0 Å². The van der Waals surface area contributed by atoms with Crippen LogP contribution < -0.4 is 27.5 Å². The molecule has 5 heteroatoms. The van der Waals surface area contributed by atoms with E-state index in [-0.39, 0.29) is 17.8 Å². The molecule has 8 aromatic rings. The summed E-state index contributed by atoms with van der Waals surface area (Å²) in [4.78, 5) is 29.1. The quantitative estimate of drug-likeness (QED) is 0.157. The zero-order valence-corrected chi connectivity index (χ0v) is 22.9. The smallest absolute Gasteiger partial charge is 0.263 e. The fraction of sp³-hybridized carbons (Fsp3) is 0. The second-order valence-electron chi connectivity index (χ2n) is 11.5. The van der Waals surface area contributed by atoms with Crippen LogP contribution in [0.15, 0.2) is 137 Å². The zero-order valence-electron chi connectivity index (χ0n) is 22.9. The van der Waals surface area contributed by atoms with Crippen LogP contribution in [0.25, 0.3) is 65.9 Å². The second kappa shape index (κ2) is 7.99. The normalized spacial score (nSPS) is 12.8. The Labute approximate surface area is 245 Å². The number of benzene rings is 6. The van der Waals surface area contributed by atoms with E-state index in [0.717, 1.165) is 71.5 Å². The van der Waals surface area contributed by atoms with Crippen molar-refractivity contribution in [2.24, 2.45) is 0 Å². The lowest BCUT2D eigenvalue weighted by atomic mass is 9.34. The molecule has 0 unspecified atom stereocenters. The average Bonchev–Trinajstić information content (AvgIpc) is 3.07.